The van der Waals surface area contributed by atoms with E-state index in [2.05, 4.69) is 37.9 Å². The van der Waals surface area contributed by atoms with Crippen LogP contribution in [-0.2, 0) is 4.79 Å². The average molecular weight is 514 g/mol. The van der Waals surface area contributed by atoms with Gasteiger partial charge in [0, 0.05) is 49.4 Å². The lowest BCUT2D eigenvalue weighted by Gasteiger charge is -2.40. The Morgan fingerprint density at radius 2 is 1.67 bits per heavy atom. The molecule has 1 aromatic heterocycles. The number of halogens is 3. The van der Waals surface area contributed by atoms with Gasteiger partial charge in [-0.2, -0.15) is 13.2 Å². The number of carbonyl (C=O) groups is 2. The van der Waals surface area contributed by atoms with E-state index in [9.17, 15) is 18.0 Å². The summed E-state index contributed by atoms with van der Waals surface area (Å²) >= 11 is 0. The molecule has 10 nitrogen and oxygen atoms in total. The van der Waals surface area contributed by atoms with E-state index in [1.165, 1.54) is 5.69 Å². The first-order valence-electron chi connectivity index (χ1n) is 11.7. The molecule has 0 bridgehead atoms. The normalized spacial score (nSPS) is 22.3. The van der Waals surface area contributed by atoms with Crippen molar-refractivity contribution in [3.8, 4) is 11.5 Å². The zero-order valence-corrected chi connectivity index (χ0v) is 19.8. The Labute approximate surface area is 205 Å². The molecule has 2 heterocycles. The lowest BCUT2D eigenvalue weighted by atomic mass is 9.89. The highest BCUT2D eigenvalue weighted by atomic mass is 19.4. The number of aromatic nitrogens is 2. The van der Waals surface area contributed by atoms with E-state index >= 15 is 0 Å². The third kappa shape index (κ3) is 7.83. The van der Waals surface area contributed by atoms with Gasteiger partial charge in [0.05, 0.1) is 0 Å². The van der Waals surface area contributed by atoms with Crippen LogP contribution in [0.1, 0.15) is 44.4 Å². The van der Waals surface area contributed by atoms with Crippen molar-refractivity contribution < 1.29 is 37.4 Å². The van der Waals surface area contributed by atoms with Gasteiger partial charge in [-0.05, 0) is 49.9 Å². The minimum absolute atomic E-state index is 0.00812. The standard InChI is InChI=1S/C21H29N5O3.C2HF3O2/c1-14-24-25-20(29-14)15-8-10-17(11-9-15)26-12-4-5-16(13-26)22-18-6-2-3-7-19(18)23-21(27)28;3-2(4,5)1(6)7/h8-11,16,18-19,22-23H,2-7,12-13H2,1H3,(H,27,28);(H,6,7)/t16-,18+,19+;/m0./s1. The molecule has 0 unspecified atom stereocenters. The van der Waals surface area contributed by atoms with Crippen molar-refractivity contribution in [2.24, 2.45) is 0 Å². The summed E-state index contributed by atoms with van der Waals surface area (Å²) < 4.78 is 37.2. The molecule has 1 aromatic carbocycles. The Morgan fingerprint density at radius 3 is 2.22 bits per heavy atom. The van der Waals surface area contributed by atoms with Gasteiger partial charge in [-0.15, -0.1) is 10.2 Å². The summed E-state index contributed by atoms with van der Waals surface area (Å²) in [7, 11) is 0. The highest BCUT2D eigenvalue weighted by Crippen LogP contribution is 2.26. The van der Waals surface area contributed by atoms with Crippen LogP contribution in [0.25, 0.3) is 11.5 Å². The van der Waals surface area contributed by atoms with Crippen molar-refractivity contribution in [2.45, 2.75) is 69.8 Å². The molecule has 0 radical (unpaired) electrons. The number of benzene rings is 1. The molecule has 1 saturated heterocycles. The van der Waals surface area contributed by atoms with Crippen LogP contribution in [0.15, 0.2) is 28.7 Å². The second kappa shape index (κ2) is 12.1. The molecule has 2 aliphatic rings. The van der Waals surface area contributed by atoms with Crippen molar-refractivity contribution in [1.29, 1.82) is 0 Å². The number of aliphatic carboxylic acids is 1. The zero-order chi connectivity index (χ0) is 26.3. The van der Waals surface area contributed by atoms with Gasteiger partial charge in [0.25, 0.3) is 0 Å². The molecule has 1 aliphatic carbocycles. The summed E-state index contributed by atoms with van der Waals surface area (Å²) in [5.74, 6) is -1.65. The summed E-state index contributed by atoms with van der Waals surface area (Å²) in [5, 5.41) is 30.7. The largest absolute Gasteiger partial charge is 0.490 e. The van der Waals surface area contributed by atoms with Crippen LogP contribution >= 0.6 is 0 Å². The fourth-order valence-electron chi connectivity index (χ4n) is 4.54. The summed E-state index contributed by atoms with van der Waals surface area (Å²) in [5.41, 5.74) is 2.10. The molecule has 36 heavy (non-hydrogen) atoms. The van der Waals surface area contributed by atoms with Crippen LogP contribution in [0.4, 0.5) is 23.7 Å². The minimum Gasteiger partial charge on any atom is -0.475 e. The number of hydrogen-bond acceptors (Lipinski definition) is 7. The SMILES string of the molecule is Cc1nnc(-c2ccc(N3CCC[C@H](N[C@@H]4CCCC[C@H]4NC(=O)O)C3)cc2)o1.O=C(O)C(F)(F)F. The number of anilines is 1. The molecule has 0 spiro atoms. The first-order chi connectivity index (χ1) is 17.0. The molecule has 1 saturated carbocycles. The van der Waals surface area contributed by atoms with E-state index in [4.69, 9.17) is 19.4 Å². The summed E-state index contributed by atoms with van der Waals surface area (Å²) in [6.45, 7) is 3.74. The first-order valence-corrected chi connectivity index (χ1v) is 11.7. The van der Waals surface area contributed by atoms with Crippen LogP contribution in [0.2, 0.25) is 0 Å². The van der Waals surface area contributed by atoms with Crippen molar-refractivity contribution >= 4 is 17.7 Å². The number of alkyl halides is 3. The van der Waals surface area contributed by atoms with Crippen molar-refractivity contribution in [2.75, 3.05) is 18.0 Å². The molecule has 3 atom stereocenters. The molecular formula is C23H30F3N5O5. The third-order valence-corrected chi connectivity index (χ3v) is 6.19. The van der Waals surface area contributed by atoms with Crippen molar-refractivity contribution in [3.05, 3.63) is 30.2 Å². The quantitative estimate of drug-likeness (QED) is 0.470. The topological polar surface area (TPSA) is 141 Å². The smallest absolute Gasteiger partial charge is 0.475 e. The van der Waals surface area contributed by atoms with Gasteiger partial charge >= 0.3 is 18.2 Å². The summed E-state index contributed by atoms with van der Waals surface area (Å²) in [4.78, 5) is 22.4. The molecule has 4 N–H and O–H groups in total. The fourth-order valence-corrected chi connectivity index (χ4v) is 4.54. The van der Waals surface area contributed by atoms with Gasteiger partial charge < -0.3 is 30.2 Å². The molecule has 198 valence electrons. The second-order valence-electron chi connectivity index (χ2n) is 8.87. The van der Waals surface area contributed by atoms with Crippen LogP contribution in [0, 0.1) is 6.92 Å². The lowest BCUT2D eigenvalue weighted by Crippen LogP contribution is -2.57. The van der Waals surface area contributed by atoms with E-state index in [1.54, 1.807) is 6.92 Å². The Kier molecular flexibility index (Phi) is 9.13. The summed E-state index contributed by atoms with van der Waals surface area (Å²) in [6, 6.07) is 8.84. The van der Waals surface area contributed by atoms with E-state index in [1.807, 2.05) is 12.1 Å². The van der Waals surface area contributed by atoms with E-state index < -0.39 is 18.2 Å². The number of rotatable bonds is 5. The number of nitrogens with zero attached hydrogens (tertiary/aromatic N) is 3. The Morgan fingerprint density at radius 1 is 1.03 bits per heavy atom. The molecule has 4 rings (SSSR count). The Balaban J connectivity index is 0.000000454. The molecule has 1 aliphatic heterocycles. The number of carboxylic acid groups (broad SMARTS) is 2. The molecule has 13 heteroatoms. The number of aryl methyl sites for hydroxylation is 1. The predicted molar refractivity (Wildman–Crippen MR) is 124 cm³/mol. The highest BCUT2D eigenvalue weighted by Gasteiger charge is 2.38. The highest BCUT2D eigenvalue weighted by molar-refractivity contribution is 5.73. The van der Waals surface area contributed by atoms with Gasteiger partial charge in [-0.3, -0.25) is 0 Å². The minimum atomic E-state index is -5.08. The monoisotopic (exact) mass is 513 g/mol. The molecule has 2 aromatic rings. The maximum atomic E-state index is 11.1. The molecule has 1 amide bonds. The Bertz CT molecular complexity index is 1010. The third-order valence-electron chi connectivity index (χ3n) is 6.19. The fraction of sp³-hybridized carbons (Fsp3) is 0.565. The predicted octanol–water partition coefficient (Wildman–Crippen LogP) is 3.82. The molecule has 2 fully saturated rings. The number of carboxylic acids is 1. The van der Waals surface area contributed by atoms with Crippen LogP contribution in [-0.4, -0.2) is 69.9 Å². The average Bonchev–Trinajstić information content (AvgIpc) is 3.26. The first kappa shape index (κ1) is 27.2. The zero-order valence-electron chi connectivity index (χ0n) is 19.8. The van der Waals surface area contributed by atoms with Gasteiger partial charge in [-0.1, -0.05) is 12.8 Å². The number of hydrogen-bond donors (Lipinski definition) is 4. The van der Waals surface area contributed by atoms with Gasteiger partial charge in [0.1, 0.15) is 0 Å². The van der Waals surface area contributed by atoms with Gasteiger partial charge in [-0.25, -0.2) is 9.59 Å². The van der Waals surface area contributed by atoms with Crippen LogP contribution in [0.3, 0.4) is 0 Å². The van der Waals surface area contributed by atoms with Crippen molar-refractivity contribution in [3.63, 3.8) is 0 Å². The van der Waals surface area contributed by atoms with Gasteiger partial charge in [0.2, 0.25) is 11.8 Å². The number of amides is 1. The number of nitrogens with one attached hydrogen (secondary N) is 2. The van der Waals surface area contributed by atoms with E-state index in [-0.39, 0.29) is 12.1 Å². The maximum absolute atomic E-state index is 11.1. The Hall–Kier alpha value is -3.35. The van der Waals surface area contributed by atoms with Crippen LogP contribution < -0.4 is 15.5 Å². The summed E-state index contributed by atoms with van der Waals surface area (Å²) in [6.07, 6.45) is 0.411. The van der Waals surface area contributed by atoms with Crippen LogP contribution in [0.5, 0.6) is 0 Å². The van der Waals surface area contributed by atoms with E-state index in [0.29, 0.717) is 17.8 Å². The lowest BCUT2D eigenvalue weighted by molar-refractivity contribution is -0.192. The maximum Gasteiger partial charge on any atom is 0.490 e. The number of piperidine rings is 1. The van der Waals surface area contributed by atoms with Gasteiger partial charge in [0.15, 0.2) is 0 Å². The molecular weight excluding hydrogens is 483 g/mol. The van der Waals surface area contributed by atoms with E-state index in [0.717, 1.165) is 57.2 Å². The second-order valence-corrected chi connectivity index (χ2v) is 8.87. The van der Waals surface area contributed by atoms with Crippen molar-refractivity contribution in [1.82, 2.24) is 20.8 Å².